The number of carbonyl (C=O) groups is 1. The molecule has 100 valence electrons. The highest BCUT2D eigenvalue weighted by Crippen LogP contribution is 2.26. The Bertz CT molecular complexity index is 257. The number of hydrogen-bond acceptors (Lipinski definition) is 3. The van der Waals surface area contributed by atoms with Crippen LogP contribution in [-0.4, -0.2) is 41.0 Å². The minimum atomic E-state index is -0.681. The molecule has 0 aromatic rings. The van der Waals surface area contributed by atoms with Crippen molar-refractivity contribution in [2.75, 3.05) is 19.6 Å². The predicted octanol–water partition coefficient (Wildman–Crippen LogP) is 2.08. The molecule has 0 radical (unpaired) electrons. The third-order valence-electron chi connectivity index (χ3n) is 3.56. The molecule has 0 saturated heterocycles. The molecule has 1 saturated carbocycles. The van der Waals surface area contributed by atoms with Crippen LogP contribution in [0.4, 0.5) is 0 Å². The van der Waals surface area contributed by atoms with Gasteiger partial charge >= 0.3 is 0 Å². The molecule has 0 aromatic heterocycles. The quantitative estimate of drug-likeness (QED) is 0.801. The standard InChI is InChI=1S/C14H27NO2/c1-5-15(10-14(3,4)17)9-12-8-11(2)6-7-13(12)16/h11-12,17H,5-10H2,1-4H3. The summed E-state index contributed by atoms with van der Waals surface area (Å²) >= 11 is 0. The maximum Gasteiger partial charge on any atom is 0.137 e. The fourth-order valence-corrected chi connectivity index (χ4v) is 2.67. The van der Waals surface area contributed by atoms with Gasteiger partial charge in [0.1, 0.15) is 5.78 Å². The molecule has 0 amide bonds. The van der Waals surface area contributed by atoms with E-state index in [1.807, 2.05) is 13.8 Å². The SMILES string of the molecule is CCN(CC1CC(C)CCC1=O)CC(C)(C)O. The van der Waals surface area contributed by atoms with Crippen molar-refractivity contribution in [1.82, 2.24) is 4.90 Å². The van der Waals surface area contributed by atoms with Crippen molar-refractivity contribution in [2.45, 2.75) is 52.6 Å². The van der Waals surface area contributed by atoms with Gasteiger partial charge in [-0.05, 0) is 39.2 Å². The first-order chi connectivity index (χ1) is 7.81. The number of Topliss-reactive ketones (excluding diaryl/α,β-unsaturated/α-hetero) is 1. The molecule has 1 N–H and O–H groups in total. The molecule has 3 heteroatoms. The van der Waals surface area contributed by atoms with Crippen molar-refractivity contribution in [1.29, 1.82) is 0 Å². The lowest BCUT2D eigenvalue weighted by atomic mass is 9.81. The van der Waals surface area contributed by atoms with Crippen molar-refractivity contribution in [2.24, 2.45) is 11.8 Å². The molecule has 0 spiro atoms. The molecule has 3 nitrogen and oxygen atoms in total. The Morgan fingerprint density at radius 1 is 1.47 bits per heavy atom. The van der Waals surface area contributed by atoms with Gasteiger partial charge in [-0.3, -0.25) is 4.79 Å². The normalized spacial score (nSPS) is 26.6. The van der Waals surface area contributed by atoms with Gasteiger partial charge in [0.15, 0.2) is 0 Å². The van der Waals surface area contributed by atoms with E-state index >= 15 is 0 Å². The lowest BCUT2D eigenvalue weighted by molar-refractivity contribution is -0.126. The van der Waals surface area contributed by atoms with E-state index in [4.69, 9.17) is 0 Å². The van der Waals surface area contributed by atoms with Crippen LogP contribution in [0.15, 0.2) is 0 Å². The minimum absolute atomic E-state index is 0.182. The average Bonchev–Trinajstić information content (AvgIpc) is 2.20. The number of rotatable bonds is 5. The number of likely N-dealkylation sites (N-methyl/N-ethyl adjacent to an activating group) is 1. The van der Waals surface area contributed by atoms with E-state index in [9.17, 15) is 9.90 Å². The van der Waals surface area contributed by atoms with Crippen LogP contribution in [-0.2, 0) is 4.79 Å². The Morgan fingerprint density at radius 2 is 2.12 bits per heavy atom. The minimum Gasteiger partial charge on any atom is -0.389 e. The zero-order valence-electron chi connectivity index (χ0n) is 11.7. The summed E-state index contributed by atoms with van der Waals surface area (Å²) in [6, 6.07) is 0. The van der Waals surface area contributed by atoms with Gasteiger partial charge in [-0.1, -0.05) is 13.8 Å². The zero-order chi connectivity index (χ0) is 13.1. The summed E-state index contributed by atoms with van der Waals surface area (Å²) in [5, 5.41) is 9.84. The second kappa shape index (κ2) is 5.96. The van der Waals surface area contributed by atoms with Crippen LogP contribution < -0.4 is 0 Å². The fraction of sp³-hybridized carbons (Fsp3) is 0.929. The first kappa shape index (κ1) is 14.7. The van der Waals surface area contributed by atoms with E-state index in [0.717, 1.165) is 32.4 Å². The second-order valence-electron chi connectivity index (χ2n) is 6.18. The average molecular weight is 241 g/mol. The number of ketones is 1. The smallest absolute Gasteiger partial charge is 0.137 e. The summed E-state index contributed by atoms with van der Waals surface area (Å²) < 4.78 is 0. The van der Waals surface area contributed by atoms with Gasteiger partial charge in [-0.2, -0.15) is 0 Å². The van der Waals surface area contributed by atoms with E-state index in [-0.39, 0.29) is 5.92 Å². The maximum atomic E-state index is 11.9. The molecule has 2 unspecified atom stereocenters. The van der Waals surface area contributed by atoms with Gasteiger partial charge < -0.3 is 10.0 Å². The largest absolute Gasteiger partial charge is 0.389 e. The molecule has 1 rings (SSSR count). The van der Waals surface area contributed by atoms with Crippen LogP contribution in [0, 0.1) is 11.8 Å². The Hall–Kier alpha value is -0.410. The Labute approximate surface area is 105 Å². The van der Waals surface area contributed by atoms with Crippen molar-refractivity contribution >= 4 is 5.78 Å². The molecule has 0 aromatic carbocycles. The zero-order valence-corrected chi connectivity index (χ0v) is 11.7. The van der Waals surface area contributed by atoms with Crippen LogP contribution in [0.5, 0.6) is 0 Å². The van der Waals surface area contributed by atoms with Gasteiger partial charge in [0, 0.05) is 25.4 Å². The fourth-order valence-electron chi connectivity index (χ4n) is 2.67. The molecule has 1 aliphatic carbocycles. The number of hydrogen-bond donors (Lipinski definition) is 1. The first-order valence-corrected chi connectivity index (χ1v) is 6.79. The molecule has 0 heterocycles. The maximum absolute atomic E-state index is 11.9. The van der Waals surface area contributed by atoms with Gasteiger partial charge in [0.05, 0.1) is 5.60 Å². The predicted molar refractivity (Wildman–Crippen MR) is 69.9 cm³/mol. The monoisotopic (exact) mass is 241 g/mol. The first-order valence-electron chi connectivity index (χ1n) is 6.79. The Kier molecular flexibility index (Phi) is 5.14. The van der Waals surface area contributed by atoms with Gasteiger partial charge in [0.25, 0.3) is 0 Å². The van der Waals surface area contributed by atoms with Crippen LogP contribution in [0.2, 0.25) is 0 Å². The summed E-state index contributed by atoms with van der Waals surface area (Å²) in [6.45, 7) is 10.3. The summed E-state index contributed by atoms with van der Waals surface area (Å²) in [7, 11) is 0. The number of aliphatic hydroxyl groups is 1. The molecule has 0 aliphatic heterocycles. The highest BCUT2D eigenvalue weighted by atomic mass is 16.3. The van der Waals surface area contributed by atoms with Crippen molar-refractivity contribution in [3.63, 3.8) is 0 Å². The third-order valence-corrected chi connectivity index (χ3v) is 3.56. The third kappa shape index (κ3) is 5.17. The number of nitrogens with zero attached hydrogens (tertiary/aromatic N) is 1. The molecule has 1 fully saturated rings. The van der Waals surface area contributed by atoms with Gasteiger partial charge in [0.2, 0.25) is 0 Å². The molecule has 1 aliphatic rings. The molecule has 17 heavy (non-hydrogen) atoms. The second-order valence-corrected chi connectivity index (χ2v) is 6.18. The summed E-state index contributed by atoms with van der Waals surface area (Å²) in [6.07, 6.45) is 2.81. The van der Waals surface area contributed by atoms with Crippen LogP contribution in [0.3, 0.4) is 0 Å². The van der Waals surface area contributed by atoms with Crippen LogP contribution in [0.25, 0.3) is 0 Å². The summed E-state index contributed by atoms with van der Waals surface area (Å²) in [5.41, 5.74) is -0.681. The topological polar surface area (TPSA) is 40.5 Å². The van der Waals surface area contributed by atoms with Gasteiger partial charge in [-0.15, -0.1) is 0 Å². The highest BCUT2D eigenvalue weighted by molar-refractivity contribution is 5.81. The van der Waals surface area contributed by atoms with Crippen molar-refractivity contribution in [3.8, 4) is 0 Å². The molecular formula is C14H27NO2. The van der Waals surface area contributed by atoms with E-state index in [1.165, 1.54) is 0 Å². The molecule has 0 bridgehead atoms. The Morgan fingerprint density at radius 3 is 2.65 bits per heavy atom. The van der Waals surface area contributed by atoms with Gasteiger partial charge in [-0.25, -0.2) is 0 Å². The van der Waals surface area contributed by atoms with E-state index in [0.29, 0.717) is 18.2 Å². The molecular weight excluding hydrogens is 214 g/mol. The van der Waals surface area contributed by atoms with E-state index in [2.05, 4.69) is 18.7 Å². The lowest BCUT2D eigenvalue weighted by Gasteiger charge is -2.33. The summed E-state index contributed by atoms with van der Waals surface area (Å²) in [5.74, 6) is 1.26. The van der Waals surface area contributed by atoms with Crippen LogP contribution in [0.1, 0.15) is 47.0 Å². The van der Waals surface area contributed by atoms with Crippen molar-refractivity contribution in [3.05, 3.63) is 0 Å². The number of carbonyl (C=O) groups excluding carboxylic acids is 1. The molecule has 2 atom stereocenters. The lowest BCUT2D eigenvalue weighted by Crippen LogP contribution is -2.43. The Balaban J connectivity index is 2.51. The van der Waals surface area contributed by atoms with E-state index in [1.54, 1.807) is 0 Å². The summed E-state index contributed by atoms with van der Waals surface area (Å²) in [4.78, 5) is 14.1. The van der Waals surface area contributed by atoms with Crippen LogP contribution >= 0.6 is 0 Å². The van der Waals surface area contributed by atoms with E-state index < -0.39 is 5.60 Å². The highest BCUT2D eigenvalue weighted by Gasteiger charge is 2.29. The van der Waals surface area contributed by atoms with Crippen molar-refractivity contribution < 1.29 is 9.90 Å².